The van der Waals surface area contributed by atoms with Crippen molar-refractivity contribution in [2.75, 3.05) is 13.6 Å². The predicted octanol–water partition coefficient (Wildman–Crippen LogP) is 2.57. The van der Waals surface area contributed by atoms with E-state index in [1.807, 2.05) is 6.07 Å². The number of carbonyl (C=O) groups excluding carboxylic acids is 1. The van der Waals surface area contributed by atoms with E-state index in [0.29, 0.717) is 11.0 Å². The van der Waals surface area contributed by atoms with E-state index in [2.05, 4.69) is 15.9 Å². The Morgan fingerprint density at radius 1 is 1.62 bits per heavy atom. The summed E-state index contributed by atoms with van der Waals surface area (Å²) in [6, 6.07) is 6.13. The first-order valence-corrected chi connectivity index (χ1v) is 5.43. The number of nitrogens with zero attached hydrogens (tertiary/aromatic N) is 2. The molecule has 0 aromatic heterocycles. The van der Waals surface area contributed by atoms with E-state index in [0.717, 1.165) is 0 Å². The van der Waals surface area contributed by atoms with Gasteiger partial charge in [0.1, 0.15) is 5.82 Å². The molecule has 0 aliphatic carbocycles. The van der Waals surface area contributed by atoms with Crippen molar-refractivity contribution < 1.29 is 9.18 Å². The number of carbonyl (C=O) groups is 1. The molecule has 84 valence electrons. The molecule has 1 aromatic carbocycles. The zero-order valence-corrected chi connectivity index (χ0v) is 10.3. The zero-order chi connectivity index (χ0) is 12.1. The van der Waals surface area contributed by atoms with Gasteiger partial charge in [0, 0.05) is 18.1 Å². The van der Waals surface area contributed by atoms with Crippen molar-refractivity contribution in [3.05, 3.63) is 34.1 Å². The number of benzene rings is 1. The molecule has 0 unspecified atom stereocenters. The molecule has 0 fully saturated rings. The van der Waals surface area contributed by atoms with Crippen LogP contribution >= 0.6 is 15.9 Å². The number of nitriles is 1. The first kappa shape index (κ1) is 12.7. The second-order valence-electron chi connectivity index (χ2n) is 3.26. The van der Waals surface area contributed by atoms with E-state index in [-0.39, 0.29) is 12.0 Å². The van der Waals surface area contributed by atoms with Crippen molar-refractivity contribution in [1.82, 2.24) is 4.90 Å². The lowest BCUT2D eigenvalue weighted by Gasteiger charge is -2.15. The maximum Gasteiger partial charge on any atom is 0.256 e. The fourth-order valence-corrected chi connectivity index (χ4v) is 1.55. The third-order valence-corrected chi connectivity index (χ3v) is 2.56. The Hall–Kier alpha value is -1.41. The third-order valence-electron chi connectivity index (χ3n) is 2.06. The monoisotopic (exact) mass is 284 g/mol. The molecule has 1 aromatic rings. The van der Waals surface area contributed by atoms with Crippen LogP contribution in [-0.2, 0) is 0 Å². The minimum atomic E-state index is -0.558. The van der Waals surface area contributed by atoms with E-state index in [1.165, 1.54) is 23.1 Å². The first-order valence-electron chi connectivity index (χ1n) is 4.63. The molecule has 16 heavy (non-hydrogen) atoms. The molecule has 0 saturated carbocycles. The van der Waals surface area contributed by atoms with Crippen LogP contribution in [0.1, 0.15) is 16.8 Å². The molecule has 0 radical (unpaired) electrons. The van der Waals surface area contributed by atoms with E-state index in [4.69, 9.17) is 5.26 Å². The average molecular weight is 285 g/mol. The lowest BCUT2D eigenvalue weighted by molar-refractivity contribution is 0.0793. The lowest BCUT2D eigenvalue weighted by Crippen LogP contribution is -2.28. The Bertz CT molecular complexity index is 442. The Labute approximate surface area is 102 Å². The molecule has 0 aliphatic heterocycles. The summed E-state index contributed by atoms with van der Waals surface area (Å²) in [4.78, 5) is 13.1. The van der Waals surface area contributed by atoms with Crippen molar-refractivity contribution >= 4 is 21.8 Å². The van der Waals surface area contributed by atoms with Gasteiger partial charge >= 0.3 is 0 Å². The first-order chi connectivity index (χ1) is 7.56. The van der Waals surface area contributed by atoms with Crippen LogP contribution in [0.3, 0.4) is 0 Å². The smallest absolute Gasteiger partial charge is 0.256 e. The van der Waals surface area contributed by atoms with Gasteiger partial charge in [-0.25, -0.2) is 4.39 Å². The van der Waals surface area contributed by atoms with Gasteiger partial charge < -0.3 is 4.90 Å². The number of hydrogen-bond donors (Lipinski definition) is 0. The summed E-state index contributed by atoms with van der Waals surface area (Å²) >= 11 is 3.18. The van der Waals surface area contributed by atoms with Gasteiger partial charge in [-0.3, -0.25) is 4.79 Å². The van der Waals surface area contributed by atoms with Gasteiger partial charge in [0.05, 0.1) is 18.1 Å². The van der Waals surface area contributed by atoms with E-state index >= 15 is 0 Å². The molecule has 0 spiro atoms. The van der Waals surface area contributed by atoms with Crippen molar-refractivity contribution in [3.63, 3.8) is 0 Å². The van der Waals surface area contributed by atoms with Crippen molar-refractivity contribution in [2.24, 2.45) is 0 Å². The van der Waals surface area contributed by atoms with Gasteiger partial charge in [0.25, 0.3) is 5.91 Å². The van der Waals surface area contributed by atoms with Gasteiger partial charge in [0.15, 0.2) is 0 Å². The average Bonchev–Trinajstić information content (AvgIpc) is 2.28. The molecule has 5 heteroatoms. The lowest BCUT2D eigenvalue weighted by atomic mass is 10.2. The van der Waals surface area contributed by atoms with Gasteiger partial charge in [0.2, 0.25) is 0 Å². The number of amides is 1. The van der Waals surface area contributed by atoms with Crippen molar-refractivity contribution in [2.45, 2.75) is 6.42 Å². The van der Waals surface area contributed by atoms with Crippen molar-refractivity contribution in [1.29, 1.82) is 5.26 Å². The minimum Gasteiger partial charge on any atom is -0.341 e. The highest BCUT2D eigenvalue weighted by Crippen LogP contribution is 2.16. The van der Waals surface area contributed by atoms with Crippen LogP contribution in [0.2, 0.25) is 0 Å². The van der Waals surface area contributed by atoms with Crippen LogP contribution < -0.4 is 0 Å². The summed E-state index contributed by atoms with van der Waals surface area (Å²) in [6.07, 6.45) is 0.234. The Morgan fingerprint density at radius 3 is 2.94 bits per heavy atom. The molecule has 0 N–H and O–H groups in total. The second-order valence-corrected chi connectivity index (χ2v) is 4.17. The van der Waals surface area contributed by atoms with E-state index < -0.39 is 11.7 Å². The van der Waals surface area contributed by atoms with Gasteiger partial charge in [-0.15, -0.1) is 0 Å². The summed E-state index contributed by atoms with van der Waals surface area (Å²) in [6.45, 7) is 0.293. The number of halogens is 2. The minimum absolute atomic E-state index is 0.00909. The Morgan fingerprint density at radius 2 is 2.31 bits per heavy atom. The molecule has 0 saturated heterocycles. The topological polar surface area (TPSA) is 44.1 Å². The van der Waals surface area contributed by atoms with Crippen LogP contribution in [-0.4, -0.2) is 24.4 Å². The van der Waals surface area contributed by atoms with Crippen LogP contribution in [0.25, 0.3) is 0 Å². The molecule has 1 rings (SSSR count). The summed E-state index contributed by atoms with van der Waals surface area (Å²) < 4.78 is 14.0. The highest BCUT2D eigenvalue weighted by molar-refractivity contribution is 9.10. The SMILES string of the molecule is CN(CCC#N)C(=O)c1cc(Br)ccc1F. The zero-order valence-electron chi connectivity index (χ0n) is 8.70. The van der Waals surface area contributed by atoms with Gasteiger partial charge in [-0.2, -0.15) is 5.26 Å². The fourth-order valence-electron chi connectivity index (χ4n) is 1.19. The summed E-state index contributed by atoms with van der Waals surface area (Å²) in [5, 5.41) is 8.40. The van der Waals surface area contributed by atoms with E-state index in [1.54, 1.807) is 7.05 Å². The Kier molecular flexibility index (Phi) is 4.44. The molecule has 1 amide bonds. The van der Waals surface area contributed by atoms with Gasteiger partial charge in [-0.05, 0) is 18.2 Å². The van der Waals surface area contributed by atoms with Gasteiger partial charge in [-0.1, -0.05) is 15.9 Å². The van der Waals surface area contributed by atoms with E-state index in [9.17, 15) is 9.18 Å². The molecule has 3 nitrogen and oxygen atoms in total. The normalized spacial score (nSPS) is 9.62. The van der Waals surface area contributed by atoms with Crippen LogP contribution in [0, 0.1) is 17.1 Å². The maximum atomic E-state index is 13.4. The highest BCUT2D eigenvalue weighted by atomic mass is 79.9. The highest BCUT2D eigenvalue weighted by Gasteiger charge is 2.15. The molecular formula is C11H10BrFN2O. The standard InChI is InChI=1S/C11H10BrFN2O/c1-15(6-2-5-14)11(16)9-7-8(12)3-4-10(9)13/h3-4,7H,2,6H2,1H3. The predicted molar refractivity (Wildman–Crippen MR) is 61.3 cm³/mol. The third kappa shape index (κ3) is 3.04. The molecule has 0 heterocycles. The van der Waals surface area contributed by atoms with Crippen LogP contribution in [0.5, 0.6) is 0 Å². The van der Waals surface area contributed by atoms with Crippen LogP contribution in [0.4, 0.5) is 4.39 Å². The molecule has 0 aliphatic rings. The second kappa shape index (κ2) is 5.61. The molecule has 0 atom stereocenters. The quantitative estimate of drug-likeness (QED) is 0.856. The summed E-state index contributed by atoms with van der Waals surface area (Å²) in [5.74, 6) is -0.981. The van der Waals surface area contributed by atoms with Crippen molar-refractivity contribution in [3.8, 4) is 6.07 Å². The largest absolute Gasteiger partial charge is 0.341 e. The maximum absolute atomic E-state index is 13.4. The Balaban J connectivity index is 2.88. The number of rotatable bonds is 3. The fraction of sp³-hybridized carbons (Fsp3) is 0.273. The number of hydrogen-bond acceptors (Lipinski definition) is 2. The molecular weight excluding hydrogens is 275 g/mol. The summed E-state index contributed by atoms with van der Waals surface area (Å²) in [7, 11) is 1.54. The molecule has 0 bridgehead atoms. The summed E-state index contributed by atoms with van der Waals surface area (Å²) in [5.41, 5.74) is 0.00909. The van der Waals surface area contributed by atoms with Crippen LogP contribution in [0.15, 0.2) is 22.7 Å².